The molecule has 0 amide bonds. The van der Waals surface area contributed by atoms with Gasteiger partial charge in [0.25, 0.3) is 0 Å². The highest BCUT2D eigenvalue weighted by Crippen LogP contribution is 2.38. The summed E-state index contributed by atoms with van der Waals surface area (Å²) < 4.78 is 11.1. The number of carboxylic acids is 1. The third-order valence-corrected chi connectivity index (χ3v) is 4.51. The molecule has 0 radical (unpaired) electrons. The van der Waals surface area contributed by atoms with E-state index < -0.39 is 11.5 Å². The number of nitrogens with zero attached hydrogens (tertiary/aromatic N) is 1. The van der Waals surface area contributed by atoms with E-state index in [0.717, 1.165) is 31.5 Å². The van der Waals surface area contributed by atoms with Crippen LogP contribution in [0.5, 0.6) is 11.5 Å². The Morgan fingerprint density at radius 3 is 2.48 bits per heavy atom. The lowest BCUT2D eigenvalue weighted by Gasteiger charge is -2.40. The lowest BCUT2D eigenvalue weighted by atomic mass is 9.88. The predicted molar refractivity (Wildman–Crippen MR) is 77.8 cm³/mol. The Kier molecular flexibility index (Phi) is 3.76. The average molecular weight is 291 g/mol. The zero-order valence-corrected chi connectivity index (χ0v) is 12.3. The third kappa shape index (κ3) is 2.46. The molecule has 21 heavy (non-hydrogen) atoms. The van der Waals surface area contributed by atoms with Crippen molar-refractivity contribution in [1.29, 1.82) is 0 Å². The summed E-state index contributed by atoms with van der Waals surface area (Å²) in [5.74, 6) is 0.515. The van der Waals surface area contributed by atoms with Gasteiger partial charge in [0.2, 0.25) is 0 Å². The number of fused-ring (bicyclic) bond motifs is 1. The van der Waals surface area contributed by atoms with Gasteiger partial charge in [-0.1, -0.05) is 12.5 Å². The van der Waals surface area contributed by atoms with Crippen molar-refractivity contribution in [2.24, 2.45) is 0 Å². The Bertz CT molecular complexity index is 539. The monoisotopic (exact) mass is 291 g/mol. The summed E-state index contributed by atoms with van der Waals surface area (Å²) in [7, 11) is 0. The van der Waals surface area contributed by atoms with Crippen LogP contribution in [0.1, 0.15) is 31.7 Å². The largest absolute Gasteiger partial charge is 0.486 e. The number of likely N-dealkylation sites (tertiary alicyclic amines) is 1. The maximum absolute atomic E-state index is 12.0. The number of rotatable bonds is 3. The Morgan fingerprint density at radius 1 is 1.14 bits per heavy atom. The summed E-state index contributed by atoms with van der Waals surface area (Å²) in [6.45, 7) is 4.46. The van der Waals surface area contributed by atoms with Crippen LogP contribution >= 0.6 is 0 Å². The minimum Gasteiger partial charge on any atom is -0.486 e. The molecule has 0 bridgehead atoms. The number of benzene rings is 1. The molecule has 0 saturated carbocycles. The molecule has 2 aliphatic rings. The summed E-state index contributed by atoms with van der Waals surface area (Å²) in [6, 6.07) is 5.47. The van der Waals surface area contributed by atoms with Crippen LogP contribution in [0.25, 0.3) is 0 Å². The number of hydrogen-bond acceptors (Lipinski definition) is 4. The molecule has 0 spiro atoms. The van der Waals surface area contributed by atoms with Gasteiger partial charge in [-0.05, 0) is 50.6 Å². The van der Waals surface area contributed by atoms with Crippen LogP contribution < -0.4 is 9.47 Å². The van der Waals surface area contributed by atoms with Gasteiger partial charge >= 0.3 is 5.97 Å². The van der Waals surface area contributed by atoms with Crippen molar-refractivity contribution in [3.05, 3.63) is 23.8 Å². The van der Waals surface area contributed by atoms with E-state index in [4.69, 9.17) is 9.47 Å². The molecule has 1 aromatic rings. The second kappa shape index (κ2) is 5.56. The fourth-order valence-corrected chi connectivity index (χ4v) is 3.13. The molecular weight excluding hydrogens is 270 g/mol. The zero-order chi connectivity index (χ0) is 14.9. The van der Waals surface area contributed by atoms with Gasteiger partial charge in [0, 0.05) is 0 Å². The summed E-state index contributed by atoms with van der Waals surface area (Å²) in [5, 5.41) is 9.83. The molecule has 0 aromatic heterocycles. The molecule has 114 valence electrons. The van der Waals surface area contributed by atoms with Crippen LogP contribution in [-0.2, 0) is 10.3 Å². The van der Waals surface area contributed by atoms with E-state index in [1.165, 1.54) is 6.42 Å². The molecule has 1 N–H and O–H groups in total. The fraction of sp³-hybridized carbons (Fsp3) is 0.562. The van der Waals surface area contributed by atoms with Crippen LogP contribution in [0.2, 0.25) is 0 Å². The van der Waals surface area contributed by atoms with E-state index in [9.17, 15) is 9.90 Å². The highest BCUT2D eigenvalue weighted by atomic mass is 16.6. The number of hydrogen-bond donors (Lipinski definition) is 1. The van der Waals surface area contributed by atoms with Crippen LogP contribution in [-0.4, -0.2) is 42.3 Å². The predicted octanol–water partition coefficient (Wildman–Crippen LogP) is 2.24. The third-order valence-electron chi connectivity index (χ3n) is 4.51. The van der Waals surface area contributed by atoms with Gasteiger partial charge in [-0.3, -0.25) is 4.90 Å². The lowest BCUT2D eigenvalue weighted by molar-refractivity contribution is -0.152. The normalized spacial score (nSPS) is 21.6. The number of aliphatic carboxylic acids is 1. The average Bonchev–Trinajstić information content (AvgIpc) is 2.54. The zero-order valence-electron chi connectivity index (χ0n) is 12.3. The van der Waals surface area contributed by atoms with Gasteiger partial charge in [-0.25, -0.2) is 4.79 Å². The summed E-state index contributed by atoms with van der Waals surface area (Å²) in [4.78, 5) is 14.0. The maximum Gasteiger partial charge on any atom is 0.328 e. The molecule has 3 rings (SSSR count). The highest BCUT2D eigenvalue weighted by molar-refractivity contribution is 5.80. The number of carboxylic acid groups (broad SMARTS) is 1. The SMILES string of the molecule is CC(C(=O)O)(c1ccc2c(c1)OCCO2)N1CCCCC1. The van der Waals surface area contributed by atoms with Crippen LogP contribution in [0.3, 0.4) is 0 Å². The van der Waals surface area contributed by atoms with Gasteiger partial charge in [0.1, 0.15) is 18.8 Å². The van der Waals surface area contributed by atoms with E-state index in [1.807, 2.05) is 18.2 Å². The first-order chi connectivity index (χ1) is 10.1. The summed E-state index contributed by atoms with van der Waals surface area (Å²) in [5.41, 5.74) is -0.267. The van der Waals surface area contributed by atoms with Gasteiger partial charge in [0.05, 0.1) is 0 Å². The van der Waals surface area contributed by atoms with Gasteiger partial charge in [0.15, 0.2) is 11.5 Å². The second-order valence-electron chi connectivity index (χ2n) is 5.78. The Morgan fingerprint density at radius 2 is 1.81 bits per heavy atom. The topological polar surface area (TPSA) is 59.0 Å². The first kappa shape index (κ1) is 14.2. The summed E-state index contributed by atoms with van der Waals surface area (Å²) in [6.07, 6.45) is 3.27. The molecular formula is C16H21NO4. The Balaban J connectivity index is 1.98. The van der Waals surface area contributed by atoms with Crippen molar-refractivity contribution in [1.82, 2.24) is 4.90 Å². The first-order valence-corrected chi connectivity index (χ1v) is 7.51. The molecule has 2 heterocycles. The molecule has 0 aliphatic carbocycles. The van der Waals surface area contributed by atoms with Crippen LogP contribution in [0.15, 0.2) is 18.2 Å². The van der Waals surface area contributed by atoms with Crippen molar-refractivity contribution in [3.8, 4) is 11.5 Å². The smallest absolute Gasteiger partial charge is 0.328 e. The molecule has 1 unspecified atom stereocenters. The van der Waals surface area contributed by atoms with Crippen LogP contribution in [0, 0.1) is 0 Å². The van der Waals surface area contributed by atoms with Gasteiger partial charge in [-0.2, -0.15) is 0 Å². The molecule has 1 atom stereocenters. The number of ether oxygens (including phenoxy) is 2. The van der Waals surface area contributed by atoms with Crippen molar-refractivity contribution in [2.45, 2.75) is 31.7 Å². The number of piperidine rings is 1. The second-order valence-corrected chi connectivity index (χ2v) is 5.78. The van der Waals surface area contributed by atoms with Crippen molar-refractivity contribution in [3.63, 3.8) is 0 Å². The maximum atomic E-state index is 12.0. The molecule has 1 fully saturated rings. The highest BCUT2D eigenvalue weighted by Gasteiger charge is 2.42. The molecule has 1 aromatic carbocycles. The van der Waals surface area contributed by atoms with Crippen LogP contribution in [0.4, 0.5) is 0 Å². The Labute approximate surface area is 124 Å². The minimum absolute atomic E-state index is 0.504. The molecule has 2 aliphatic heterocycles. The quantitative estimate of drug-likeness (QED) is 0.925. The molecule has 1 saturated heterocycles. The lowest BCUT2D eigenvalue weighted by Crippen LogP contribution is -2.51. The molecule has 5 heteroatoms. The van der Waals surface area contributed by atoms with Crippen molar-refractivity contribution >= 4 is 5.97 Å². The first-order valence-electron chi connectivity index (χ1n) is 7.51. The molecule has 5 nitrogen and oxygen atoms in total. The van der Waals surface area contributed by atoms with E-state index in [1.54, 1.807) is 6.92 Å². The van der Waals surface area contributed by atoms with E-state index in [2.05, 4.69) is 4.90 Å². The van der Waals surface area contributed by atoms with E-state index in [0.29, 0.717) is 24.7 Å². The van der Waals surface area contributed by atoms with Crippen molar-refractivity contribution < 1.29 is 19.4 Å². The number of carbonyl (C=O) groups is 1. The van der Waals surface area contributed by atoms with Crippen molar-refractivity contribution in [2.75, 3.05) is 26.3 Å². The van der Waals surface area contributed by atoms with Gasteiger partial charge in [-0.15, -0.1) is 0 Å². The van der Waals surface area contributed by atoms with E-state index >= 15 is 0 Å². The summed E-state index contributed by atoms with van der Waals surface area (Å²) >= 11 is 0. The minimum atomic E-state index is -1.02. The van der Waals surface area contributed by atoms with Gasteiger partial charge < -0.3 is 14.6 Å². The van der Waals surface area contributed by atoms with E-state index in [-0.39, 0.29) is 0 Å². The standard InChI is InChI=1S/C16H21NO4/c1-16(15(18)19,17-7-3-2-4-8-17)12-5-6-13-14(11-12)21-10-9-20-13/h5-6,11H,2-4,7-10H2,1H3,(H,18,19). The fourth-order valence-electron chi connectivity index (χ4n) is 3.13. The Hall–Kier alpha value is -1.75.